The smallest absolute Gasteiger partial charge is 0.273 e. The molecule has 0 bridgehead atoms. The normalized spacial score (nSPS) is 17.6. The summed E-state index contributed by atoms with van der Waals surface area (Å²) in [6.45, 7) is 13.8. The summed E-state index contributed by atoms with van der Waals surface area (Å²) in [7, 11) is 0. The number of carbonyl (C=O) groups is 1. The lowest BCUT2D eigenvalue weighted by atomic mass is 9.71. The number of fused-ring (bicyclic) bond motifs is 1. The Kier molecular flexibility index (Phi) is 5.48. The molecule has 0 aromatic carbocycles. The number of rotatable bonds is 4. The Morgan fingerprint density at radius 2 is 2.04 bits per heavy atom. The Bertz CT molecular complexity index is 808. The van der Waals surface area contributed by atoms with Crippen LogP contribution in [0, 0.1) is 11.3 Å². The van der Waals surface area contributed by atoms with Gasteiger partial charge in [0.2, 0.25) is 0 Å². The van der Waals surface area contributed by atoms with E-state index in [0.717, 1.165) is 47.7 Å². The lowest BCUT2D eigenvalue weighted by molar-refractivity contribution is 0.0943. The van der Waals surface area contributed by atoms with Crippen molar-refractivity contribution in [2.75, 3.05) is 6.54 Å². The summed E-state index contributed by atoms with van der Waals surface area (Å²) in [5, 5.41) is 10.2. The Hall–Kier alpha value is -1.69. The highest BCUT2D eigenvalue weighted by Crippen LogP contribution is 2.38. The predicted octanol–water partition coefficient (Wildman–Crippen LogP) is 4.55. The fourth-order valence-electron chi connectivity index (χ4n) is 3.46. The third-order valence-electron chi connectivity index (χ3n) is 5.42. The van der Waals surface area contributed by atoms with E-state index in [1.807, 2.05) is 0 Å². The summed E-state index contributed by atoms with van der Waals surface area (Å²) in [5.74, 6) is 1.29. The lowest BCUT2D eigenvalue weighted by Gasteiger charge is -2.33. The number of nitrogens with one attached hydrogen (secondary N) is 1. The molecule has 0 saturated carbocycles. The van der Waals surface area contributed by atoms with Crippen molar-refractivity contribution in [3.63, 3.8) is 0 Å². The molecule has 0 aliphatic heterocycles. The Labute approximate surface area is 165 Å². The van der Waals surface area contributed by atoms with E-state index in [2.05, 4.69) is 62.4 Å². The Morgan fingerprint density at radius 1 is 1.30 bits per heavy atom. The van der Waals surface area contributed by atoms with Gasteiger partial charge in [-0.25, -0.2) is 4.98 Å². The highest BCUT2D eigenvalue weighted by Gasteiger charge is 2.34. The van der Waals surface area contributed by atoms with Crippen molar-refractivity contribution in [2.24, 2.45) is 11.3 Å². The van der Waals surface area contributed by atoms with Gasteiger partial charge in [0.05, 0.1) is 10.7 Å². The first-order valence-corrected chi connectivity index (χ1v) is 10.6. The second kappa shape index (κ2) is 7.38. The SMILES string of the molecule is CC(C)(C)c1csc(CCNC(=O)c2noc3c2C[C@@H](C(C)(C)C)CC3)n1. The van der Waals surface area contributed by atoms with Crippen LogP contribution in [0.1, 0.15) is 80.5 Å². The van der Waals surface area contributed by atoms with Crippen LogP contribution >= 0.6 is 11.3 Å². The zero-order chi connectivity index (χ0) is 19.8. The molecule has 1 aliphatic rings. The van der Waals surface area contributed by atoms with E-state index in [4.69, 9.17) is 4.52 Å². The molecule has 0 radical (unpaired) electrons. The van der Waals surface area contributed by atoms with Crippen LogP contribution in [0.4, 0.5) is 0 Å². The zero-order valence-corrected chi connectivity index (χ0v) is 18.1. The van der Waals surface area contributed by atoms with Crippen molar-refractivity contribution in [3.05, 3.63) is 33.1 Å². The fraction of sp³-hybridized carbons (Fsp3) is 0.667. The van der Waals surface area contributed by atoms with Gasteiger partial charge < -0.3 is 9.84 Å². The molecular weight excluding hydrogens is 358 g/mol. The molecule has 0 unspecified atom stereocenters. The average Bonchev–Trinajstić information content (AvgIpc) is 3.19. The van der Waals surface area contributed by atoms with E-state index >= 15 is 0 Å². The van der Waals surface area contributed by atoms with Crippen LogP contribution in [0.25, 0.3) is 0 Å². The quantitative estimate of drug-likeness (QED) is 0.833. The van der Waals surface area contributed by atoms with Crippen molar-refractivity contribution < 1.29 is 9.32 Å². The summed E-state index contributed by atoms with van der Waals surface area (Å²) in [4.78, 5) is 17.3. The minimum Gasteiger partial charge on any atom is -0.360 e. The third kappa shape index (κ3) is 4.60. The van der Waals surface area contributed by atoms with Crippen molar-refractivity contribution in [1.82, 2.24) is 15.5 Å². The first kappa shape index (κ1) is 20.1. The maximum Gasteiger partial charge on any atom is 0.273 e. The van der Waals surface area contributed by atoms with Gasteiger partial charge in [0.1, 0.15) is 5.76 Å². The van der Waals surface area contributed by atoms with Gasteiger partial charge in [-0.05, 0) is 24.2 Å². The number of nitrogens with zero attached hydrogens (tertiary/aromatic N) is 2. The first-order chi connectivity index (χ1) is 12.6. The van der Waals surface area contributed by atoms with E-state index in [9.17, 15) is 4.79 Å². The molecule has 1 atom stereocenters. The van der Waals surface area contributed by atoms with Gasteiger partial charge >= 0.3 is 0 Å². The molecule has 1 aliphatic carbocycles. The topological polar surface area (TPSA) is 68.0 Å². The van der Waals surface area contributed by atoms with E-state index in [0.29, 0.717) is 18.2 Å². The van der Waals surface area contributed by atoms with Crippen LogP contribution in [0.3, 0.4) is 0 Å². The molecule has 2 aromatic heterocycles. The van der Waals surface area contributed by atoms with Gasteiger partial charge in [-0.15, -0.1) is 11.3 Å². The molecule has 1 N–H and O–H groups in total. The highest BCUT2D eigenvalue weighted by molar-refractivity contribution is 7.09. The number of hydrogen-bond acceptors (Lipinski definition) is 5. The van der Waals surface area contributed by atoms with E-state index < -0.39 is 0 Å². The molecular formula is C21H31N3O2S. The van der Waals surface area contributed by atoms with Gasteiger partial charge in [-0.1, -0.05) is 46.7 Å². The van der Waals surface area contributed by atoms with Gasteiger partial charge in [0.25, 0.3) is 5.91 Å². The maximum absolute atomic E-state index is 12.6. The predicted molar refractivity (Wildman–Crippen MR) is 108 cm³/mol. The molecule has 148 valence electrons. The second-order valence-electron chi connectivity index (χ2n) is 9.62. The third-order valence-corrected chi connectivity index (χ3v) is 6.33. The molecule has 5 nitrogen and oxygen atoms in total. The van der Waals surface area contributed by atoms with Crippen LogP contribution in [0.5, 0.6) is 0 Å². The van der Waals surface area contributed by atoms with Crippen LogP contribution in [0.2, 0.25) is 0 Å². The number of thiazole rings is 1. The highest BCUT2D eigenvalue weighted by atomic mass is 32.1. The minimum atomic E-state index is -0.137. The lowest BCUT2D eigenvalue weighted by Crippen LogP contribution is -2.30. The number of aromatic nitrogens is 2. The Balaban J connectivity index is 1.60. The number of hydrogen-bond donors (Lipinski definition) is 1. The summed E-state index contributed by atoms with van der Waals surface area (Å²) in [6, 6.07) is 0. The summed E-state index contributed by atoms with van der Waals surface area (Å²) in [5.41, 5.74) is 2.85. The summed E-state index contributed by atoms with van der Waals surface area (Å²) >= 11 is 1.65. The number of amides is 1. The molecule has 1 amide bonds. The largest absolute Gasteiger partial charge is 0.360 e. The monoisotopic (exact) mass is 389 g/mol. The standard InChI is InChI=1S/C21H31N3O2S/c1-20(2,3)13-7-8-15-14(11-13)18(24-26-15)19(25)22-10-9-17-23-16(12-27-17)21(4,5)6/h12-13H,7-11H2,1-6H3,(H,22,25)/t13-/m0/s1. The zero-order valence-electron chi connectivity index (χ0n) is 17.3. The second-order valence-corrected chi connectivity index (χ2v) is 10.6. The van der Waals surface area contributed by atoms with Crippen LogP contribution in [-0.2, 0) is 24.7 Å². The van der Waals surface area contributed by atoms with E-state index in [1.54, 1.807) is 11.3 Å². The molecule has 0 saturated heterocycles. The first-order valence-electron chi connectivity index (χ1n) is 9.76. The summed E-state index contributed by atoms with van der Waals surface area (Å²) < 4.78 is 5.45. The van der Waals surface area contributed by atoms with Crippen LogP contribution < -0.4 is 5.32 Å². The maximum atomic E-state index is 12.6. The summed E-state index contributed by atoms with van der Waals surface area (Å²) in [6.07, 6.45) is 3.56. The average molecular weight is 390 g/mol. The van der Waals surface area contributed by atoms with Crippen molar-refractivity contribution in [1.29, 1.82) is 0 Å². The molecule has 0 spiro atoms. The molecule has 0 fully saturated rings. The van der Waals surface area contributed by atoms with E-state index in [-0.39, 0.29) is 16.7 Å². The van der Waals surface area contributed by atoms with Gasteiger partial charge in [0, 0.05) is 35.7 Å². The van der Waals surface area contributed by atoms with Crippen LogP contribution in [-0.4, -0.2) is 22.6 Å². The van der Waals surface area contributed by atoms with Gasteiger partial charge in [-0.2, -0.15) is 0 Å². The van der Waals surface area contributed by atoms with Crippen LogP contribution in [0.15, 0.2) is 9.90 Å². The minimum absolute atomic E-state index is 0.0569. The fourth-order valence-corrected chi connectivity index (χ4v) is 4.48. The Morgan fingerprint density at radius 3 is 2.67 bits per heavy atom. The molecule has 27 heavy (non-hydrogen) atoms. The molecule has 3 rings (SSSR count). The molecule has 2 aromatic rings. The number of carbonyl (C=O) groups excluding carboxylic acids is 1. The van der Waals surface area contributed by atoms with E-state index in [1.165, 1.54) is 0 Å². The molecule has 6 heteroatoms. The number of aryl methyl sites for hydroxylation is 1. The van der Waals surface area contributed by atoms with Crippen molar-refractivity contribution in [3.8, 4) is 0 Å². The molecule has 2 heterocycles. The van der Waals surface area contributed by atoms with Gasteiger partial charge in [0.15, 0.2) is 5.69 Å². The van der Waals surface area contributed by atoms with Crippen molar-refractivity contribution in [2.45, 2.75) is 72.6 Å². The van der Waals surface area contributed by atoms with Gasteiger partial charge in [-0.3, -0.25) is 4.79 Å². The van der Waals surface area contributed by atoms with Crippen molar-refractivity contribution >= 4 is 17.2 Å².